The van der Waals surface area contributed by atoms with Crippen LogP contribution in [0.5, 0.6) is 5.75 Å². The SMILES string of the molecule is COc1ccc(C)cc1CC(=O)N1CCO[C@](C)(C(N)=O)C1. The van der Waals surface area contributed by atoms with Crippen molar-refractivity contribution in [2.45, 2.75) is 25.9 Å². The van der Waals surface area contributed by atoms with E-state index in [9.17, 15) is 9.59 Å². The van der Waals surface area contributed by atoms with E-state index >= 15 is 0 Å². The Morgan fingerprint density at radius 3 is 2.82 bits per heavy atom. The van der Waals surface area contributed by atoms with Crippen LogP contribution in [0.4, 0.5) is 0 Å². The number of hydrogen-bond donors (Lipinski definition) is 1. The van der Waals surface area contributed by atoms with E-state index in [1.807, 2.05) is 25.1 Å². The van der Waals surface area contributed by atoms with E-state index in [-0.39, 0.29) is 18.9 Å². The fraction of sp³-hybridized carbons (Fsp3) is 0.500. The van der Waals surface area contributed by atoms with Crippen LogP contribution in [0.15, 0.2) is 18.2 Å². The number of amides is 2. The molecule has 1 heterocycles. The van der Waals surface area contributed by atoms with Gasteiger partial charge in [0, 0.05) is 12.1 Å². The number of morpholine rings is 1. The van der Waals surface area contributed by atoms with E-state index in [2.05, 4.69) is 0 Å². The number of hydrogen-bond acceptors (Lipinski definition) is 4. The van der Waals surface area contributed by atoms with Crippen LogP contribution in [0.25, 0.3) is 0 Å². The second-order valence-electron chi connectivity index (χ2n) is 5.75. The lowest BCUT2D eigenvalue weighted by Gasteiger charge is -2.38. The van der Waals surface area contributed by atoms with Crippen LogP contribution in [0.1, 0.15) is 18.1 Å². The zero-order valence-electron chi connectivity index (χ0n) is 13.2. The lowest BCUT2D eigenvalue weighted by molar-refractivity contribution is -0.160. The molecule has 1 aliphatic heterocycles. The molecule has 1 fully saturated rings. The van der Waals surface area contributed by atoms with E-state index in [0.29, 0.717) is 18.9 Å². The van der Waals surface area contributed by atoms with Crippen LogP contribution in [-0.2, 0) is 20.7 Å². The van der Waals surface area contributed by atoms with Crippen LogP contribution in [0, 0.1) is 6.92 Å². The van der Waals surface area contributed by atoms with Crippen LogP contribution < -0.4 is 10.5 Å². The molecule has 2 N–H and O–H groups in total. The Morgan fingerprint density at radius 1 is 1.45 bits per heavy atom. The minimum absolute atomic E-state index is 0.0697. The number of carbonyl (C=O) groups is 2. The van der Waals surface area contributed by atoms with Gasteiger partial charge in [-0.15, -0.1) is 0 Å². The normalized spacial score (nSPS) is 21.5. The van der Waals surface area contributed by atoms with Gasteiger partial charge < -0.3 is 20.1 Å². The molecule has 0 saturated carbocycles. The maximum absolute atomic E-state index is 12.5. The van der Waals surface area contributed by atoms with E-state index in [4.69, 9.17) is 15.2 Å². The molecule has 0 aliphatic carbocycles. The second kappa shape index (κ2) is 6.36. The number of rotatable bonds is 4. The molecule has 1 aliphatic rings. The molecule has 0 radical (unpaired) electrons. The second-order valence-corrected chi connectivity index (χ2v) is 5.75. The molecular weight excluding hydrogens is 284 g/mol. The molecule has 0 unspecified atom stereocenters. The van der Waals surface area contributed by atoms with Crippen LogP contribution in [-0.4, -0.2) is 49.1 Å². The average molecular weight is 306 g/mol. The molecule has 0 spiro atoms. The third kappa shape index (κ3) is 3.39. The van der Waals surface area contributed by atoms with Crippen molar-refractivity contribution in [2.75, 3.05) is 26.8 Å². The van der Waals surface area contributed by atoms with Crippen molar-refractivity contribution in [3.8, 4) is 5.75 Å². The van der Waals surface area contributed by atoms with Gasteiger partial charge >= 0.3 is 0 Å². The quantitative estimate of drug-likeness (QED) is 0.885. The summed E-state index contributed by atoms with van der Waals surface area (Å²) in [6.45, 7) is 4.51. The van der Waals surface area contributed by atoms with Gasteiger partial charge in [0.05, 0.1) is 26.7 Å². The van der Waals surface area contributed by atoms with Crippen LogP contribution in [0.3, 0.4) is 0 Å². The van der Waals surface area contributed by atoms with E-state index in [0.717, 1.165) is 11.1 Å². The van der Waals surface area contributed by atoms with Crippen molar-refractivity contribution < 1.29 is 19.1 Å². The summed E-state index contributed by atoms with van der Waals surface area (Å²) in [5.41, 5.74) is 6.14. The minimum Gasteiger partial charge on any atom is -0.496 e. The van der Waals surface area contributed by atoms with Gasteiger partial charge in [0.25, 0.3) is 5.91 Å². The predicted octanol–water partition coefficient (Wildman–Crippen LogP) is 0.649. The highest BCUT2D eigenvalue weighted by molar-refractivity contribution is 5.85. The van der Waals surface area contributed by atoms with Gasteiger partial charge in [-0.3, -0.25) is 9.59 Å². The van der Waals surface area contributed by atoms with Gasteiger partial charge in [0.2, 0.25) is 5.91 Å². The van der Waals surface area contributed by atoms with E-state index < -0.39 is 11.5 Å². The topological polar surface area (TPSA) is 81.9 Å². The number of primary amides is 1. The van der Waals surface area contributed by atoms with Gasteiger partial charge in [-0.25, -0.2) is 0 Å². The summed E-state index contributed by atoms with van der Waals surface area (Å²) in [5.74, 6) is 0.0580. The van der Waals surface area contributed by atoms with Gasteiger partial charge in [-0.1, -0.05) is 17.7 Å². The highest BCUT2D eigenvalue weighted by Gasteiger charge is 2.39. The standard InChI is InChI=1S/C16H22N2O4/c1-11-4-5-13(21-3)12(8-11)9-14(19)18-6-7-22-16(2,10-18)15(17)20/h4-5,8H,6-7,9-10H2,1-3H3,(H2,17,20)/t16-/m0/s1. The van der Waals surface area contributed by atoms with E-state index in [1.54, 1.807) is 18.9 Å². The van der Waals surface area contributed by atoms with Crippen LogP contribution in [0.2, 0.25) is 0 Å². The minimum atomic E-state index is -1.12. The largest absolute Gasteiger partial charge is 0.496 e. The number of nitrogens with two attached hydrogens (primary N) is 1. The Morgan fingerprint density at radius 2 is 2.18 bits per heavy atom. The first-order valence-corrected chi connectivity index (χ1v) is 7.21. The highest BCUT2D eigenvalue weighted by atomic mass is 16.5. The number of ether oxygens (including phenoxy) is 2. The summed E-state index contributed by atoms with van der Waals surface area (Å²) < 4.78 is 10.7. The maximum atomic E-state index is 12.5. The lowest BCUT2D eigenvalue weighted by atomic mass is 10.0. The molecule has 6 nitrogen and oxygen atoms in total. The predicted molar refractivity (Wildman–Crippen MR) is 81.6 cm³/mol. The van der Waals surface area contributed by atoms with Crippen molar-refractivity contribution in [3.63, 3.8) is 0 Å². The lowest BCUT2D eigenvalue weighted by Crippen LogP contribution is -2.58. The molecule has 1 atom stereocenters. The van der Waals surface area contributed by atoms with Gasteiger partial charge in [0.1, 0.15) is 5.75 Å². The van der Waals surface area contributed by atoms with Crippen LogP contribution >= 0.6 is 0 Å². The maximum Gasteiger partial charge on any atom is 0.251 e. The molecule has 1 saturated heterocycles. The highest BCUT2D eigenvalue weighted by Crippen LogP contribution is 2.23. The molecule has 22 heavy (non-hydrogen) atoms. The summed E-state index contributed by atoms with van der Waals surface area (Å²) in [5, 5.41) is 0. The van der Waals surface area contributed by atoms with Gasteiger partial charge in [-0.05, 0) is 19.9 Å². The van der Waals surface area contributed by atoms with Crippen molar-refractivity contribution in [3.05, 3.63) is 29.3 Å². The van der Waals surface area contributed by atoms with E-state index in [1.165, 1.54) is 0 Å². The summed E-state index contributed by atoms with van der Waals surface area (Å²) >= 11 is 0. The fourth-order valence-electron chi connectivity index (χ4n) is 2.55. The number of nitrogens with zero attached hydrogens (tertiary/aromatic N) is 1. The number of benzene rings is 1. The third-order valence-electron chi connectivity index (χ3n) is 3.93. The summed E-state index contributed by atoms with van der Waals surface area (Å²) in [7, 11) is 1.58. The molecule has 6 heteroatoms. The zero-order chi connectivity index (χ0) is 16.3. The molecule has 1 aromatic carbocycles. The molecule has 0 aromatic heterocycles. The Labute approximate surface area is 130 Å². The van der Waals surface area contributed by atoms with Crippen molar-refractivity contribution in [2.24, 2.45) is 5.73 Å². The molecular formula is C16H22N2O4. The first-order chi connectivity index (χ1) is 10.4. The van der Waals surface area contributed by atoms with Crippen molar-refractivity contribution in [1.82, 2.24) is 4.90 Å². The molecule has 120 valence electrons. The van der Waals surface area contributed by atoms with Crippen molar-refractivity contribution >= 4 is 11.8 Å². The first kappa shape index (κ1) is 16.3. The molecule has 2 amide bonds. The van der Waals surface area contributed by atoms with Gasteiger partial charge in [-0.2, -0.15) is 0 Å². The number of methoxy groups -OCH3 is 1. The Kier molecular flexibility index (Phi) is 4.71. The average Bonchev–Trinajstić information content (AvgIpc) is 2.47. The monoisotopic (exact) mass is 306 g/mol. The Bertz CT molecular complexity index is 588. The number of aryl methyl sites for hydroxylation is 1. The third-order valence-corrected chi connectivity index (χ3v) is 3.93. The molecule has 1 aromatic rings. The molecule has 2 rings (SSSR count). The Hall–Kier alpha value is -2.08. The molecule has 0 bridgehead atoms. The fourth-order valence-corrected chi connectivity index (χ4v) is 2.55. The summed E-state index contributed by atoms with van der Waals surface area (Å²) in [6.07, 6.45) is 0.222. The summed E-state index contributed by atoms with van der Waals surface area (Å²) in [6, 6.07) is 5.72. The zero-order valence-corrected chi connectivity index (χ0v) is 13.2. The number of carbonyl (C=O) groups excluding carboxylic acids is 2. The van der Waals surface area contributed by atoms with Crippen molar-refractivity contribution in [1.29, 1.82) is 0 Å². The summed E-state index contributed by atoms with van der Waals surface area (Å²) in [4.78, 5) is 25.6. The smallest absolute Gasteiger partial charge is 0.251 e. The first-order valence-electron chi connectivity index (χ1n) is 7.21. The van der Waals surface area contributed by atoms with Gasteiger partial charge in [0.15, 0.2) is 5.60 Å². The Balaban J connectivity index is 2.12.